The number of rotatable bonds is 9. The van der Waals surface area contributed by atoms with Crippen molar-refractivity contribution in [2.24, 2.45) is 5.73 Å². The zero-order valence-corrected chi connectivity index (χ0v) is 14.2. The molecule has 0 saturated carbocycles. The SMILES string of the molecule is CCCn1cc(S(=O)(=O)N(CCOC)C(C)C)cc1CN. The van der Waals surface area contributed by atoms with Crippen LogP contribution in [0.5, 0.6) is 0 Å². The largest absolute Gasteiger partial charge is 0.383 e. The van der Waals surface area contributed by atoms with Gasteiger partial charge in [-0.3, -0.25) is 0 Å². The molecule has 0 amide bonds. The molecule has 1 rings (SSSR count). The predicted molar refractivity (Wildman–Crippen MR) is 83.5 cm³/mol. The fourth-order valence-electron chi connectivity index (χ4n) is 2.26. The van der Waals surface area contributed by atoms with E-state index in [1.807, 2.05) is 25.3 Å². The average Bonchev–Trinajstić information content (AvgIpc) is 2.83. The molecule has 0 aliphatic heterocycles. The normalized spacial score (nSPS) is 12.5. The van der Waals surface area contributed by atoms with E-state index in [1.165, 1.54) is 4.31 Å². The maximum absolute atomic E-state index is 12.8. The van der Waals surface area contributed by atoms with Crippen LogP contribution in [0.2, 0.25) is 0 Å². The maximum atomic E-state index is 12.8. The minimum absolute atomic E-state index is 0.124. The molecule has 1 aromatic heterocycles. The van der Waals surface area contributed by atoms with E-state index in [4.69, 9.17) is 10.5 Å². The number of aryl methyl sites for hydroxylation is 1. The fourth-order valence-corrected chi connectivity index (χ4v) is 3.95. The number of aromatic nitrogens is 1. The van der Waals surface area contributed by atoms with Crippen LogP contribution >= 0.6 is 0 Å². The van der Waals surface area contributed by atoms with Crippen molar-refractivity contribution in [2.45, 2.75) is 51.2 Å². The smallest absolute Gasteiger partial charge is 0.244 e. The second-order valence-electron chi connectivity index (χ2n) is 5.27. The lowest BCUT2D eigenvalue weighted by molar-refractivity contribution is 0.171. The van der Waals surface area contributed by atoms with Crippen LogP contribution in [0.3, 0.4) is 0 Å². The first-order chi connectivity index (χ1) is 9.88. The molecule has 0 saturated heterocycles. The van der Waals surface area contributed by atoms with Crippen LogP contribution in [0, 0.1) is 0 Å². The van der Waals surface area contributed by atoms with Crippen LogP contribution < -0.4 is 5.73 Å². The molecule has 0 atom stereocenters. The van der Waals surface area contributed by atoms with Crippen LogP contribution in [0.1, 0.15) is 32.9 Å². The first kappa shape index (κ1) is 18.2. The Morgan fingerprint density at radius 1 is 1.43 bits per heavy atom. The molecule has 0 spiro atoms. The van der Waals surface area contributed by atoms with Crippen LogP contribution in [0.25, 0.3) is 0 Å². The van der Waals surface area contributed by atoms with Gasteiger partial charge in [0.25, 0.3) is 0 Å². The van der Waals surface area contributed by atoms with E-state index in [-0.39, 0.29) is 6.04 Å². The highest BCUT2D eigenvalue weighted by molar-refractivity contribution is 7.89. The Balaban J connectivity index is 3.15. The van der Waals surface area contributed by atoms with Crippen molar-refractivity contribution in [3.8, 4) is 0 Å². The molecule has 122 valence electrons. The Morgan fingerprint density at radius 2 is 2.10 bits per heavy atom. The topological polar surface area (TPSA) is 77.6 Å². The summed E-state index contributed by atoms with van der Waals surface area (Å²) >= 11 is 0. The number of hydrogen-bond donors (Lipinski definition) is 1. The van der Waals surface area contributed by atoms with E-state index < -0.39 is 10.0 Å². The number of ether oxygens (including phenoxy) is 1. The van der Waals surface area contributed by atoms with Gasteiger partial charge < -0.3 is 15.0 Å². The fraction of sp³-hybridized carbons (Fsp3) is 0.714. The molecular weight excluding hydrogens is 290 g/mol. The summed E-state index contributed by atoms with van der Waals surface area (Å²) in [5.74, 6) is 0. The Hall–Kier alpha value is -0.890. The molecule has 6 nitrogen and oxygen atoms in total. The third-order valence-electron chi connectivity index (χ3n) is 3.33. The zero-order valence-electron chi connectivity index (χ0n) is 13.4. The third kappa shape index (κ3) is 4.29. The zero-order chi connectivity index (χ0) is 16.0. The van der Waals surface area contributed by atoms with E-state index in [0.717, 1.165) is 18.7 Å². The molecule has 0 radical (unpaired) electrons. The molecule has 0 unspecified atom stereocenters. The second kappa shape index (κ2) is 7.93. The van der Waals surface area contributed by atoms with Gasteiger partial charge in [0.1, 0.15) is 4.90 Å². The van der Waals surface area contributed by atoms with Gasteiger partial charge in [-0.2, -0.15) is 4.31 Å². The van der Waals surface area contributed by atoms with Gasteiger partial charge in [-0.05, 0) is 26.3 Å². The number of sulfonamides is 1. The van der Waals surface area contributed by atoms with E-state index in [9.17, 15) is 8.42 Å². The molecule has 7 heteroatoms. The highest BCUT2D eigenvalue weighted by atomic mass is 32.2. The van der Waals surface area contributed by atoms with Crippen LogP contribution in [0.15, 0.2) is 17.2 Å². The van der Waals surface area contributed by atoms with Gasteiger partial charge >= 0.3 is 0 Å². The molecule has 0 bridgehead atoms. The summed E-state index contributed by atoms with van der Waals surface area (Å²) in [6, 6.07) is 1.55. The number of nitrogens with two attached hydrogens (primary N) is 1. The third-order valence-corrected chi connectivity index (χ3v) is 5.37. The Kier molecular flexibility index (Phi) is 6.86. The van der Waals surface area contributed by atoms with Crippen molar-refractivity contribution in [1.29, 1.82) is 0 Å². The number of methoxy groups -OCH3 is 1. The lowest BCUT2D eigenvalue weighted by Crippen LogP contribution is -2.39. The number of hydrogen-bond acceptors (Lipinski definition) is 4. The summed E-state index contributed by atoms with van der Waals surface area (Å²) in [5.41, 5.74) is 6.54. The second-order valence-corrected chi connectivity index (χ2v) is 7.16. The minimum atomic E-state index is -3.53. The highest BCUT2D eigenvalue weighted by Crippen LogP contribution is 2.21. The van der Waals surface area contributed by atoms with Crippen molar-refractivity contribution >= 4 is 10.0 Å². The molecule has 21 heavy (non-hydrogen) atoms. The van der Waals surface area contributed by atoms with E-state index in [2.05, 4.69) is 0 Å². The van der Waals surface area contributed by atoms with E-state index in [1.54, 1.807) is 19.4 Å². The lowest BCUT2D eigenvalue weighted by atomic mass is 10.4. The Morgan fingerprint density at radius 3 is 2.57 bits per heavy atom. The predicted octanol–water partition coefficient (Wildman–Crippen LogP) is 1.40. The summed E-state index contributed by atoms with van der Waals surface area (Å²) in [6.07, 6.45) is 2.61. The quantitative estimate of drug-likeness (QED) is 0.747. The molecule has 0 aliphatic rings. The minimum Gasteiger partial charge on any atom is -0.383 e. The summed E-state index contributed by atoms with van der Waals surface area (Å²) < 4.78 is 34.0. The van der Waals surface area contributed by atoms with Gasteiger partial charge in [-0.1, -0.05) is 6.92 Å². The van der Waals surface area contributed by atoms with Gasteiger partial charge in [-0.25, -0.2) is 8.42 Å². The maximum Gasteiger partial charge on any atom is 0.244 e. The van der Waals surface area contributed by atoms with Crippen molar-refractivity contribution in [3.05, 3.63) is 18.0 Å². The van der Waals surface area contributed by atoms with Crippen LogP contribution in [0.4, 0.5) is 0 Å². The highest BCUT2D eigenvalue weighted by Gasteiger charge is 2.28. The van der Waals surface area contributed by atoms with E-state index >= 15 is 0 Å². The first-order valence-corrected chi connectivity index (χ1v) is 8.72. The molecule has 0 fully saturated rings. The Labute approximate surface area is 127 Å². The lowest BCUT2D eigenvalue weighted by Gasteiger charge is -2.25. The van der Waals surface area contributed by atoms with Crippen molar-refractivity contribution < 1.29 is 13.2 Å². The average molecular weight is 317 g/mol. The van der Waals surface area contributed by atoms with Gasteiger partial charge in [0, 0.05) is 44.7 Å². The van der Waals surface area contributed by atoms with Crippen molar-refractivity contribution in [2.75, 3.05) is 20.3 Å². The molecule has 1 heterocycles. The van der Waals surface area contributed by atoms with Crippen molar-refractivity contribution in [3.63, 3.8) is 0 Å². The van der Waals surface area contributed by atoms with E-state index in [0.29, 0.717) is 24.6 Å². The Bertz CT molecular complexity index is 538. The molecular formula is C14H27N3O3S. The van der Waals surface area contributed by atoms with Crippen molar-refractivity contribution in [1.82, 2.24) is 8.87 Å². The molecule has 0 aromatic carbocycles. The van der Waals surface area contributed by atoms with Gasteiger partial charge in [0.05, 0.1) is 6.61 Å². The van der Waals surface area contributed by atoms with Crippen LogP contribution in [-0.4, -0.2) is 43.6 Å². The first-order valence-electron chi connectivity index (χ1n) is 7.28. The molecule has 1 aromatic rings. The summed E-state index contributed by atoms with van der Waals surface area (Å²) in [6.45, 7) is 7.58. The van der Waals surface area contributed by atoms with Gasteiger partial charge in [-0.15, -0.1) is 0 Å². The number of nitrogens with zero attached hydrogens (tertiary/aromatic N) is 2. The monoisotopic (exact) mass is 317 g/mol. The standard InChI is InChI=1S/C14H27N3O3S/c1-5-6-16-11-14(9-13(16)10-15)21(18,19)17(12(2)3)7-8-20-4/h9,11-12H,5-8,10,15H2,1-4H3. The van der Waals surface area contributed by atoms with Crippen LogP contribution in [-0.2, 0) is 27.8 Å². The summed E-state index contributed by atoms with van der Waals surface area (Å²) in [7, 11) is -1.96. The molecule has 2 N–H and O–H groups in total. The molecule has 0 aliphatic carbocycles. The summed E-state index contributed by atoms with van der Waals surface area (Å²) in [4.78, 5) is 0.307. The summed E-state index contributed by atoms with van der Waals surface area (Å²) in [5, 5.41) is 0. The van der Waals surface area contributed by atoms with Gasteiger partial charge in [0.15, 0.2) is 0 Å². The van der Waals surface area contributed by atoms with Gasteiger partial charge in [0.2, 0.25) is 10.0 Å².